The van der Waals surface area contributed by atoms with Crippen LogP contribution in [0.1, 0.15) is 18.0 Å². The Labute approximate surface area is 88.6 Å². The van der Waals surface area contributed by atoms with E-state index < -0.39 is 4.92 Å². The third-order valence-corrected chi connectivity index (χ3v) is 2.69. The summed E-state index contributed by atoms with van der Waals surface area (Å²) < 4.78 is 0.613. The van der Waals surface area contributed by atoms with Gasteiger partial charge in [-0.1, -0.05) is 0 Å². The Bertz CT molecular complexity index is 396. The van der Waals surface area contributed by atoms with Crippen molar-refractivity contribution < 1.29 is 4.92 Å². The molecule has 0 aromatic carbocycles. The predicted octanol–water partition coefficient (Wildman–Crippen LogP) is 1.57. The summed E-state index contributed by atoms with van der Waals surface area (Å²) in [6.45, 7) is 0. The zero-order chi connectivity index (χ0) is 10.3. The molecule has 1 aliphatic carbocycles. The van der Waals surface area contributed by atoms with E-state index in [9.17, 15) is 10.1 Å². The van der Waals surface area contributed by atoms with Crippen molar-refractivity contribution >= 4 is 21.6 Å². The molecular weight excluding hydrogens is 250 g/mol. The van der Waals surface area contributed by atoms with Gasteiger partial charge in [-0.3, -0.25) is 15.1 Å². The zero-order valence-corrected chi connectivity index (χ0v) is 8.77. The number of aromatic nitrogens is 1. The number of hydrogen-bond acceptors (Lipinski definition) is 4. The van der Waals surface area contributed by atoms with E-state index in [0.717, 1.165) is 6.42 Å². The van der Waals surface area contributed by atoms with Crippen molar-refractivity contribution in [1.29, 1.82) is 0 Å². The molecule has 0 aliphatic heterocycles. The van der Waals surface area contributed by atoms with Crippen molar-refractivity contribution in [2.24, 2.45) is 5.73 Å². The Balaban J connectivity index is 2.43. The van der Waals surface area contributed by atoms with Gasteiger partial charge in [0.05, 0.1) is 4.92 Å². The Morgan fingerprint density at radius 3 is 2.86 bits per heavy atom. The number of nitrogens with zero attached hydrogens (tertiary/aromatic N) is 2. The lowest BCUT2D eigenvalue weighted by atomic mass is 10.2. The van der Waals surface area contributed by atoms with Crippen molar-refractivity contribution in [3.63, 3.8) is 0 Å². The monoisotopic (exact) mass is 257 g/mol. The molecule has 1 aromatic heterocycles. The summed E-state index contributed by atoms with van der Waals surface area (Å²) in [5, 5.41) is 10.7. The lowest BCUT2D eigenvalue weighted by Crippen LogP contribution is -2.04. The molecule has 0 bridgehead atoms. The van der Waals surface area contributed by atoms with Crippen molar-refractivity contribution in [2.75, 3.05) is 0 Å². The summed E-state index contributed by atoms with van der Waals surface area (Å²) in [5.74, 6) is 0.0588. The van der Waals surface area contributed by atoms with E-state index in [0.29, 0.717) is 10.2 Å². The first-order valence-electron chi connectivity index (χ1n) is 4.15. The normalized spacial score (nSPS) is 24.7. The topological polar surface area (TPSA) is 82.0 Å². The van der Waals surface area contributed by atoms with Crippen LogP contribution in [0.15, 0.2) is 16.7 Å². The minimum atomic E-state index is -0.419. The quantitative estimate of drug-likeness (QED) is 0.644. The minimum Gasteiger partial charge on any atom is -0.327 e. The van der Waals surface area contributed by atoms with Gasteiger partial charge >= 0.3 is 0 Å². The second-order valence-electron chi connectivity index (χ2n) is 3.32. The van der Waals surface area contributed by atoms with E-state index >= 15 is 0 Å². The highest BCUT2D eigenvalue weighted by atomic mass is 79.9. The number of pyridine rings is 1. The molecule has 1 fully saturated rings. The second kappa shape index (κ2) is 3.29. The summed E-state index contributed by atoms with van der Waals surface area (Å²) >= 11 is 3.15. The van der Waals surface area contributed by atoms with Gasteiger partial charge in [0.1, 0.15) is 5.69 Å². The maximum Gasteiger partial charge on any atom is 0.292 e. The van der Waals surface area contributed by atoms with E-state index in [1.165, 1.54) is 6.07 Å². The highest BCUT2D eigenvalue weighted by Gasteiger charge is 2.40. The number of hydrogen-bond donors (Lipinski definition) is 1. The van der Waals surface area contributed by atoms with Crippen LogP contribution >= 0.6 is 15.9 Å². The fourth-order valence-corrected chi connectivity index (χ4v) is 1.72. The summed E-state index contributed by atoms with van der Waals surface area (Å²) in [6.07, 6.45) is 2.35. The molecule has 74 valence electrons. The summed E-state index contributed by atoms with van der Waals surface area (Å²) in [4.78, 5) is 14.3. The van der Waals surface area contributed by atoms with Crippen molar-refractivity contribution in [3.8, 4) is 0 Å². The van der Waals surface area contributed by atoms with Gasteiger partial charge in [-0.15, -0.1) is 0 Å². The van der Waals surface area contributed by atoms with Crippen LogP contribution in [0, 0.1) is 10.1 Å². The van der Waals surface area contributed by atoms with Gasteiger partial charge in [0.15, 0.2) is 0 Å². The van der Waals surface area contributed by atoms with Crippen LogP contribution in [0.4, 0.5) is 5.69 Å². The Morgan fingerprint density at radius 1 is 1.71 bits per heavy atom. The third kappa shape index (κ3) is 1.62. The molecule has 0 spiro atoms. The fourth-order valence-electron chi connectivity index (χ4n) is 1.40. The molecule has 1 heterocycles. The van der Waals surface area contributed by atoms with Crippen LogP contribution < -0.4 is 5.73 Å². The molecule has 2 unspecified atom stereocenters. The summed E-state index contributed by atoms with van der Waals surface area (Å²) in [7, 11) is 0. The van der Waals surface area contributed by atoms with Crippen LogP contribution in [-0.2, 0) is 0 Å². The first-order valence-corrected chi connectivity index (χ1v) is 4.94. The van der Waals surface area contributed by atoms with Gasteiger partial charge in [0.2, 0.25) is 0 Å². The number of nitro groups is 1. The van der Waals surface area contributed by atoms with Crippen molar-refractivity contribution in [1.82, 2.24) is 4.98 Å². The van der Waals surface area contributed by atoms with Crippen molar-refractivity contribution in [2.45, 2.75) is 18.4 Å². The number of nitrogens with two attached hydrogens (primary N) is 1. The molecule has 6 heteroatoms. The summed E-state index contributed by atoms with van der Waals surface area (Å²) in [6, 6.07) is 1.50. The molecule has 1 aromatic rings. The van der Waals surface area contributed by atoms with Gasteiger partial charge < -0.3 is 5.73 Å². The maximum absolute atomic E-state index is 10.7. The molecular formula is C8H8BrN3O2. The van der Waals surface area contributed by atoms with Crippen LogP contribution in [0.2, 0.25) is 0 Å². The third-order valence-electron chi connectivity index (χ3n) is 2.25. The molecule has 5 nitrogen and oxygen atoms in total. The van der Waals surface area contributed by atoms with Gasteiger partial charge in [0.25, 0.3) is 5.69 Å². The van der Waals surface area contributed by atoms with E-state index in [4.69, 9.17) is 5.73 Å². The van der Waals surface area contributed by atoms with E-state index in [-0.39, 0.29) is 17.6 Å². The average molecular weight is 258 g/mol. The smallest absolute Gasteiger partial charge is 0.292 e. The number of rotatable bonds is 2. The first-order chi connectivity index (χ1) is 6.59. The standard InChI is InChI=1S/C8H8BrN3O2/c9-4-1-7(12(13)14)8(11-3-4)5-2-6(5)10/h1,3,5-6H,2,10H2. The van der Waals surface area contributed by atoms with Crippen molar-refractivity contribution in [3.05, 3.63) is 32.5 Å². The van der Waals surface area contributed by atoms with Crippen LogP contribution in [0.25, 0.3) is 0 Å². The fraction of sp³-hybridized carbons (Fsp3) is 0.375. The Kier molecular flexibility index (Phi) is 2.24. The average Bonchev–Trinajstić information content (AvgIpc) is 2.82. The van der Waals surface area contributed by atoms with Gasteiger partial charge in [-0.25, -0.2) is 0 Å². The Morgan fingerprint density at radius 2 is 2.36 bits per heavy atom. The van der Waals surface area contributed by atoms with Crippen LogP contribution in [0.5, 0.6) is 0 Å². The van der Waals surface area contributed by atoms with Crippen LogP contribution in [-0.4, -0.2) is 15.9 Å². The molecule has 0 saturated heterocycles. The molecule has 1 saturated carbocycles. The van der Waals surface area contributed by atoms with Gasteiger partial charge in [-0.2, -0.15) is 0 Å². The van der Waals surface area contributed by atoms with Crippen LogP contribution in [0.3, 0.4) is 0 Å². The highest BCUT2D eigenvalue weighted by Crippen LogP contribution is 2.42. The molecule has 14 heavy (non-hydrogen) atoms. The first kappa shape index (κ1) is 9.54. The van der Waals surface area contributed by atoms with E-state index in [1.54, 1.807) is 6.20 Å². The largest absolute Gasteiger partial charge is 0.327 e. The van der Waals surface area contributed by atoms with Gasteiger partial charge in [-0.05, 0) is 22.4 Å². The molecule has 1 aliphatic rings. The highest BCUT2D eigenvalue weighted by molar-refractivity contribution is 9.10. The number of halogens is 1. The lowest BCUT2D eigenvalue weighted by molar-refractivity contribution is -0.386. The molecule has 2 rings (SSSR count). The minimum absolute atomic E-state index is 0.0300. The molecule has 2 N–H and O–H groups in total. The maximum atomic E-state index is 10.7. The van der Waals surface area contributed by atoms with E-state index in [2.05, 4.69) is 20.9 Å². The zero-order valence-electron chi connectivity index (χ0n) is 7.18. The molecule has 2 atom stereocenters. The molecule has 0 radical (unpaired) electrons. The summed E-state index contributed by atoms with van der Waals surface area (Å²) in [5.41, 5.74) is 6.19. The van der Waals surface area contributed by atoms with Gasteiger partial charge in [0, 0.05) is 28.7 Å². The second-order valence-corrected chi connectivity index (χ2v) is 4.24. The molecule has 0 amide bonds. The lowest BCUT2D eigenvalue weighted by Gasteiger charge is -2.00. The van der Waals surface area contributed by atoms with E-state index in [1.807, 2.05) is 0 Å². The SMILES string of the molecule is NC1CC1c1ncc(Br)cc1[N+](=O)[O-]. The predicted molar refractivity (Wildman–Crippen MR) is 53.9 cm³/mol. The Hall–Kier alpha value is -1.01.